The molecule has 1 fully saturated rings. The van der Waals surface area contributed by atoms with E-state index in [1.165, 1.54) is 34.8 Å². The topological polar surface area (TPSA) is 28.2 Å². The Morgan fingerprint density at radius 1 is 1.42 bits per heavy atom. The Morgan fingerprint density at radius 2 is 2.21 bits per heavy atom. The molecule has 4 heteroatoms. The van der Waals surface area contributed by atoms with Gasteiger partial charge in [-0.1, -0.05) is 13.3 Å². The minimum Gasteiger partial charge on any atom is -0.313 e. The lowest BCUT2D eigenvalue weighted by Crippen LogP contribution is -2.39. The van der Waals surface area contributed by atoms with Gasteiger partial charge in [0.1, 0.15) is 5.01 Å². The molecule has 0 aromatic carbocycles. The van der Waals surface area contributed by atoms with Crippen LogP contribution in [-0.4, -0.2) is 35.1 Å². The van der Waals surface area contributed by atoms with E-state index in [9.17, 15) is 0 Å². The zero-order valence-corrected chi connectivity index (χ0v) is 13.5. The van der Waals surface area contributed by atoms with E-state index in [1.807, 2.05) is 11.3 Å². The molecular formula is C15H27N3S. The maximum absolute atomic E-state index is 4.70. The van der Waals surface area contributed by atoms with Crippen LogP contribution in [0.2, 0.25) is 0 Å². The summed E-state index contributed by atoms with van der Waals surface area (Å²) in [6.07, 6.45) is 3.78. The maximum atomic E-state index is 4.70. The van der Waals surface area contributed by atoms with Crippen molar-refractivity contribution in [1.29, 1.82) is 0 Å². The summed E-state index contributed by atoms with van der Waals surface area (Å²) in [6.45, 7) is 12.2. The molecule has 0 spiro atoms. The van der Waals surface area contributed by atoms with E-state index >= 15 is 0 Å². The third-order valence-electron chi connectivity index (χ3n) is 4.12. The highest BCUT2D eigenvalue weighted by atomic mass is 32.1. The summed E-state index contributed by atoms with van der Waals surface area (Å²) in [7, 11) is 0. The molecule has 0 aliphatic carbocycles. The Kier molecular flexibility index (Phi) is 5.37. The van der Waals surface area contributed by atoms with Crippen LogP contribution in [0.3, 0.4) is 0 Å². The van der Waals surface area contributed by atoms with Crippen LogP contribution in [0.15, 0.2) is 0 Å². The lowest BCUT2D eigenvalue weighted by molar-refractivity contribution is 0.193. The number of aryl methyl sites for hydroxylation is 2. The molecule has 2 rings (SSSR count). The number of nitrogens with one attached hydrogen (secondary N) is 1. The van der Waals surface area contributed by atoms with Gasteiger partial charge in [0.2, 0.25) is 0 Å². The number of thiazole rings is 1. The second kappa shape index (κ2) is 6.82. The molecule has 2 unspecified atom stereocenters. The van der Waals surface area contributed by atoms with Gasteiger partial charge in [0.15, 0.2) is 0 Å². The summed E-state index contributed by atoms with van der Waals surface area (Å²) in [5.74, 6) is 0. The number of aromatic nitrogens is 1. The van der Waals surface area contributed by atoms with Gasteiger partial charge in [-0.25, -0.2) is 4.98 Å². The molecular weight excluding hydrogens is 254 g/mol. The predicted molar refractivity (Wildman–Crippen MR) is 82.8 cm³/mol. The fraction of sp³-hybridized carbons (Fsp3) is 0.800. The minimum absolute atomic E-state index is 0.650. The maximum Gasteiger partial charge on any atom is 0.107 e. The zero-order chi connectivity index (χ0) is 13.8. The van der Waals surface area contributed by atoms with Crippen LogP contribution < -0.4 is 5.32 Å². The van der Waals surface area contributed by atoms with Crippen molar-refractivity contribution in [2.75, 3.05) is 13.1 Å². The van der Waals surface area contributed by atoms with Crippen molar-refractivity contribution in [1.82, 2.24) is 15.2 Å². The molecule has 1 N–H and O–H groups in total. The lowest BCUT2D eigenvalue weighted by Gasteiger charge is -2.28. The Balaban J connectivity index is 2.02. The normalized spacial score (nSPS) is 25.5. The summed E-state index contributed by atoms with van der Waals surface area (Å²) < 4.78 is 0. The summed E-state index contributed by atoms with van der Waals surface area (Å²) in [4.78, 5) is 8.67. The standard InChI is InChI=1S/C15H27N3S/c1-5-6-14-9-18(11(2)7-8-16-14)10-15-17-12(3)13(4)19-15/h11,14,16H,5-10H2,1-4H3. The van der Waals surface area contributed by atoms with E-state index in [2.05, 4.69) is 37.9 Å². The second-order valence-corrected chi connectivity index (χ2v) is 7.04. The van der Waals surface area contributed by atoms with E-state index < -0.39 is 0 Å². The molecule has 1 aromatic rings. The van der Waals surface area contributed by atoms with E-state index in [0.717, 1.165) is 19.6 Å². The highest BCUT2D eigenvalue weighted by Gasteiger charge is 2.23. The average Bonchev–Trinajstić information content (AvgIpc) is 2.56. The Hall–Kier alpha value is -0.450. The second-order valence-electron chi connectivity index (χ2n) is 5.76. The van der Waals surface area contributed by atoms with Crippen LogP contribution in [0.25, 0.3) is 0 Å². The molecule has 0 bridgehead atoms. The molecule has 2 atom stereocenters. The lowest BCUT2D eigenvalue weighted by atomic mass is 10.1. The Morgan fingerprint density at radius 3 is 2.84 bits per heavy atom. The zero-order valence-electron chi connectivity index (χ0n) is 12.7. The number of hydrogen-bond acceptors (Lipinski definition) is 4. The van der Waals surface area contributed by atoms with E-state index in [-0.39, 0.29) is 0 Å². The van der Waals surface area contributed by atoms with Gasteiger partial charge in [-0.15, -0.1) is 11.3 Å². The average molecular weight is 281 g/mol. The number of nitrogens with zero attached hydrogens (tertiary/aromatic N) is 2. The first-order chi connectivity index (χ1) is 9.10. The van der Waals surface area contributed by atoms with Gasteiger partial charge in [-0.05, 0) is 40.2 Å². The molecule has 108 valence electrons. The van der Waals surface area contributed by atoms with Crippen molar-refractivity contribution in [3.05, 3.63) is 15.6 Å². The van der Waals surface area contributed by atoms with Gasteiger partial charge in [-0.3, -0.25) is 4.90 Å². The molecule has 0 radical (unpaired) electrons. The smallest absolute Gasteiger partial charge is 0.107 e. The van der Waals surface area contributed by atoms with Crippen LogP contribution in [0.1, 0.15) is 48.7 Å². The van der Waals surface area contributed by atoms with Crippen LogP contribution >= 0.6 is 11.3 Å². The predicted octanol–water partition coefficient (Wildman–Crippen LogP) is 3.11. The van der Waals surface area contributed by atoms with Crippen molar-refractivity contribution in [3.8, 4) is 0 Å². The first-order valence-electron chi connectivity index (χ1n) is 7.50. The van der Waals surface area contributed by atoms with Crippen molar-refractivity contribution in [2.45, 2.75) is 65.6 Å². The summed E-state index contributed by atoms with van der Waals surface area (Å²) in [5.41, 5.74) is 1.20. The first kappa shape index (κ1) is 14.9. The van der Waals surface area contributed by atoms with Crippen LogP contribution in [0.5, 0.6) is 0 Å². The third kappa shape index (κ3) is 4.01. The monoisotopic (exact) mass is 281 g/mol. The Labute approximate surface area is 121 Å². The molecule has 0 amide bonds. The van der Waals surface area contributed by atoms with Crippen molar-refractivity contribution in [3.63, 3.8) is 0 Å². The molecule has 1 aliphatic rings. The highest BCUT2D eigenvalue weighted by molar-refractivity contribution is 7.11. The Bertz CT molecular complexity index is 383. The van der Waals surface area contributed by atoms with Crippen LogP contribution in [0, 0.1) is 13.8 Å². The SMILES string of the molecule is CCCC1CN(Cc2nc(C)c(C)s2)C(C)CCN1. The van der Waals surface area contributed by atoms with E-state index in [1.54, 1.807) is 0 Å². The largest absolute Gasteiger partial charge is 0.313 e. The summed E-state index contributed by atoms with van der Waals surface area (Å²) in [6, 6.07) is 1.30. The fourth-order valence-electron chi connectivity index (χ4n) is 2.75. The molecule has 2 heterocycles. The van der Waals surface area contributed by atoms with E-state index in [4.69, 9.17) is 4.98 Å². The van der Waals surface area contributed by atoms with Crippen molar-refractivity contribution >= 4 is 11.3 Å². The van der Waals surface area contributed by atoms with Gasteiger partial charge < -0.3 is 5.32 Å². The van der Waals surface area contributed by atoms with Crippen molar-refractivity contribution in [2.24, 2.45) is 0 Å². The molecule has 19 heavy (non-hydrogen) atoms. The molecule has 1 aromatic heterocycles. The summed E-state index contributed by atoms with van der Waals surface area (Å²) >= 11 is 1.86. The third-order valence-corrected chi connectivity index (χ3v) is 5.18. The minimum atomic E-state index is 0.650. The van der Waals surface area contributed by atoms with Gasteiger partial charge in [0.25, 0.3) is 0 Å². The molecule has 0 saturated carbocycles. The van der Waals surface area contributed by atoms with Gasteiger partial charge in [0.05, 0.1) is 12.2 Å². The first-order valence-corrected chi connectivity index (χ1v) is 8.32. The number of rotatable bonds is 4. The van der Waals surface area contributed by atoms with Crippen LogP contribution in [-0.2, 0) is 6.54 Å². The number of hydrogen-bond donors (Lipinski definition) is 1. The van der Waals surface area contributed by atoms with Crippen molar-refractivity contribution < 1.29 is 0 Å². The fourth-order valence-corrected chi connectivity index (χ4v) is 3.71. The molecule has 1 aliphatic heterocycles. The highest BCUT2D eigenvalue weighted by Crippen LogP contribution is 2.21. The van der Waals surface area contributed by atoms with Gasteiger partial charge >= 0.3 is 0 Å². The molecule has 1 saturated heterocycles. The summed E-state index contributed by atoms with van der Waals surface area (Å²) in [5, 5.41) is 4.96. The van der Waals surface area contributed by atoms with Gasteiger partial charge in [0, 0.05) is 23.5 Å². The molecule has 3 nitrogen and oxygen atoms in total. The van der Waals surface area contributed by atoms with Crippen LogP contribution in [0.4, 0.5) is 0 Å². The van der Waals surface area contributed by atoms with Gasteiger partial charge in [-0.2, -0.15) is 0 Å². The van der Waals surface area contributed by atoms with E-state index in [0.29, 0.717) is 12.1 Å². The quantitative estimate of drug-likeness (QED) is 0.919.